The number of aromatic amines is 1. The topological polar surface area (TPSA) is 51.7 Å². The molecule has 0 saturated carbocycles. The quantitative estimate of drug-likeness (QED) is 0.863. The van der Waals surface area contributed by atoms with Crippen molar-refractivity contribution in [2.24, 2.45) is 4.99 Å². The van der Waals surface area contributed by atoms with Gasteiger partial charge >= 0.3 is 0 Å². The van der Waals surface area contributed by atoms with Gasteiger partial charge in [-0.05, 0) is 24.3 Å². The maximum atomic E-state index is 13.3. The monoisotopic (exact) mass is 346 g/mol. The third-order valence-corrected chi connectivity index (χ3v) is 5.59. The van der Waals surface area contributed by atoms with Crippen molar-refractivity contribution in [1.82, 2.24) is 14.8 Å². The number of hydrogen-bond acceptors (Lipinski definition) is 4. The molecule has 4 rings (SSSR count). The summed E-state index contributed by atoms with van der Waals surface area (Å²) in [6, 6.07) is 6.23. The van der Waals surface area contributed by atoms with Crippen LogP contribution in [0.15, 0.2) is 29.3 Å². The van der Waals surface area contributed by atoms with Crippen molar-refractivity contribution in [1.29, 1.82) is 0 Å². The Bertz CT molecular complexity index is 810. The number of H-pyrrole nitrogens is 1. The van der Waals surface area contributed by atoms with Crippen LogP contribution in [0.4, 0.5) is 4.39 Å². The lowest BCUT2D eigenvalue weighted by molar-refractivity contribution is 0.0688. The minimum atomic E-state index is -0.293. The molecular formula is C17H19FN4OS. The Morgan fingerprint density at radius 3 is 2.79 bits per heavy atom. The largest absolute Gasteiger partial charge is 0.351 e. The summed E-state index contributed by atoms with van der Waals surface area (Å²) in [4.78, 5) is 24.5. The zero-order valence-electron chi connectivity index (χ0n) is 13.5. The molecule has 1 N–H and O–H groups in total. The summed E-state index contributed by atoms with van der Waals surface area (Å²) in [5.41, 5.74) is 1.30. The molecule has 1 amide bonds. The van der Waals surface area contributed by atoms with Crippen LogP contribution in [0.3, 0.4) is 0 Å². The van der Waals surface area contributed by atoms with Gasteiger partial charge in [-0.2, -0.15) is 0 Å². The Labute approximate surface area is 143 Å². The van der Waals surface area contributed by atoms with Gasteiger partial charge in [-0.3, -0.25) is 9.79 Å². The van der Waals surface area contributed by atoms with Gasteiger partial charge in [0.2, 0.25) is 0 Å². The molecule has 126 valence electrons. The van der Waals surface area contributed by atoms with Crippen molar-refractivity contribution in [3.05, 3.63) is 35.8 Å². The molecule has 1 aromatic carbocycles. The number of halogens is 1. The molecule has 1 saturated heterocycles. The van der Waals surface area contributed by atoms with Crippen LogP contribution >= 0.6 is 11.8 Å². The molecule has 1 aromatic heterocycles. The van der Waals surface area contributed by atoms with Crippen LogP contribution in [0.5, 0.6) is 0 Å². The van der Waals surface area contributed by atoms with Crippen LogP contribution in [-0.4, -0.2) is 63.8 Å². The maximum absolute atomic E-state index is 13.3. The van der Waals surface area contributed by atoms with Gasteiger partial charge in [0, 0.05) is 42.3 Å². The zero-order valence-corrected chi connectivity index (χ0v) is 14.3. The average molecular weight is 346 g/mol. The molecule has 7 heteroatoms. The number of aromatic nitrogens is 1. The first-order valence-electron chi connectivity index (χ1n) is 8.14. The normalized spacial score (nSPS) is 21.4. The summed E-state index contributed by atoms with van der Waals surface area (Å²) in [7, 11) is 0. The van der Waals surface area contributed by atoms with E-state index in [4.69, 9.17) is 0 Å². The predicted octanol–water partition coefficient (Wildman–Crippen LogP) is 2.56. The molecule has 0 aliphatic carbocycles. The third-order valence-electron chi connectivity index (χ3n) is 4.44. The van der Waals surface area contributed by atoms with Crippen molar-refractivity contribution in [3.63, 3.8) is 0 Å². The van der Waals surface area contributed by atoms with Crippen molar-refractivity contribution in [2.45, 2.75) is 12.2 Å². The minimum Gasteiger partial charge on any atom is -0.351 e. The lowest BCUT2D eigenvalue weighted by atomic mass is 10.2. The highest BCUT2D eigenvalue weighted by Crippen LogP contribution is 2.24. The number of nitrogens with one attached hydrogen (secondary N) is 1. The molecule has 0 bridgehead atoms. The molecule has 5 nitrogen and oxygen atoms in total. The Hall–Kier alpha value is -2.02. The standard InChI is InChI=1S/C17H19FN4OS/c1-11-10-19-17(24-11)22-6-4-21(5-7-22)16(23)15-9-12-8-13(18)2-3-14(12)20-15/h2-3,8-9,11,20H,4-7,10H2,1H3. The lowest BCUT2D eigenvalue weighted by Crippen LogP contribution is -2.50. The molecule has 2 aliphatic heterocycles. The lowest BCUT2D eigenvalue weighted by Gasteiger charge is -2.35. The number of carbonyl (C=O) groups is 1. The summed E-state index contributed by atoms with van der Waals surface area (Å²) >= 11 is 1.81. The van der Waals surface area contributed by atoms with Gasteiger partial charge in [0.1, 0.15) is 11.5 Å². The number of rotatable bonds is 1. The van der Waals surface area contributed by atoms with Crippen molar-refractivity contribution < 1.29 is 9.18 Å². The Balaban J connectivity index is 1.43. The molecule has 1 atom stereocenters. The fraction of sp³-hybridized carbons (Fsp3) is 0.412. The first-order valence-corrected chi connectivity index (χ1v) is 9.02. The van der Waals surface area contributed by atoms with E-state index in [0.29, 0.717) is 24.0 Å². The van der Waals surface area contributed by atoms with Crippen molar-refractivity contribution in [3.8, 4) is 0 Å². The molecule has 1 unspecified atom stereocenters. The third kappa shape index (κ3) is 2.88. The molecule has 1 fully saturated rings. The summed E-state index contributed by atoms with van der Waals surface area (Å²) in [6.07, 6.45) is 0. The van der Waals surface area contributed by atoms with Crippen LogP contribution < -0.4 is 0 Å². The fourth-order valence-electron chi connectivity index (χ4n) is 3.13. The van der Waals surface area contributed by atoms with E-state index < -0.39 is 0 Å². The van der Waals surface area contributed by atoms with Crippen molar-refractivity contribution >= 4 is 33.7 Å². The van der Waals surface area contributed by atoms with E-state index in [1.165, 1.54) is 12.1 Å². The number of piperazine rings is 1. The molecule has 0 radical (unpaired) electrons. The highest BCUT2D eigenvalue weighted by Gasteiger charge is 2.27. The van der Waals surface area contributed by atoms with Gasteiger partial charge in [-0.25, -0.2) is 4.39 Å². The van der Waals surface area contributed by atoms with Gasteiger partial charge < -0.3 is 14.8 Å². The van der Waals surface area contributed by atoms with E-state index in [1.807, 2.05) is 16.7 Å². The number of benzene rings is 1. The molecule has 2 aromatic rings. The van der Waals surface area contributed by atoms with E-state index in [-0.39, 0.29) is 11.7 Å². The van der Waals surface area contributed by atoms with Crippen molar-refractivity contribution in [2.75, 3.05) is 32.7 Å². The molecular weight excluding hydrogens is 327 g/mol. The zero-order chi connectivity index (χ0) is 16.7. The first-order chi connectivity index (χ1) is 11.6. The Kier molecular flexibility index (Phi) is 3.96. The smallest absolute Gasteiger partial charge is 0.270 e. The van der Waals surface area contributed by atoms with Gasteiger partial charge in [0.25, 0.3) is 5.91 Å². The molecule has 24 heavy (non-hydrogen) atoms. The highest BCUT2D eigenvalue weighted by molar-refractivity contribution is 8.14. The number of fused-ring (bicyclic) bond motifs is 1. The average Bonchev–Trinajstić information content (AvgIpc) is 3.20. The second kappa shape index (κ2) is 6.12. The molecule has 0 spiro atoms. The second-order valence-corrected chi connectivity index (χ2v) is 7.65. The van der Waals surface area contributed by atoms with Crippen LogP contribution in [-0.2, 0) is 0 Å². The van der Waals surface area contributed by atoms with E-state index in [1.54, 1.807) is 12.1 Å². The SMILES string of the molecule is CC1CN=C(N2CCN(C(=O)c3cc4cc(F)ccc4[nH]3)CC2)S1. The van der Waals surface area contributed by atoms with Gasteiger partial charge in [0.05, 0.1) is 6.54 Å². The van der Waals surface area contributed by atoms with E-state index in [2.05, 4.69) is 21.8 Å². The van der Waals surface area contributed by atoms with E-state index in [0.717, 1.165) is 35.7 Å². The van der Waals surface area contributed by atoms with Crippen LogP contribution in [0.2, 0.25) is 0 Å². The minimum absolute atomic E-state index is 0.0272. The van der Waals surface area contributed by atoms with Crippen LogP contribution in [0.25, 0.3) is 10.9 Å². The number of carbonyl (C=O) groups excluding carboxylic acids is 1. The van der Waals surface area contributed by atoms with Gasteiger partial charge in [-0.1, -0.05) is 18.7 Å². The van der Waals surface area contributed by atoms with E-state index in [9.17, 15) is 9.18 Å². The van der Waals surface area contributed by atoms with Gasteiger partial charge in [0.15, 0.2) is 5.17 Å². The first kappa shape index (κ1) is 15.5. The fourth-order valence-corrected chi connectivity index (χ4v) is 4.12. The Morgan fingerprint density at radius 1 is 1.29 bits per heavy atom. The summed E-state index contributed by atoms with van der Waals surface area (Å²) in [5, 5.41) is 2.38. The second-order valence-electron chi connectivity index (χ2n) is 6.25. The number of amidine groups is 1. The number of nitrogens with zero attached hydrogens (tertiary/aromatic N) is 3. The number of amides is 1. The summed E-state index contributed by atoms with van der Waals surface area (Å²) in [6.45, 7) is 6.02. The molecule has 3 heterocycles. The van der Waals surface area contributed by atoms with Crippen LogP contribution in [0.1, 0.15) is 17.4 Å². The number of thioether (sulfide) groups is 1. The summed E-state index contributed by atoms with van der Waals surface area (Å²) < 4.78 is 13.3. The highest BCUT2D eigenvalue weighted by atomic mass is 32.2. The summed E-state index contributed by atoms with van der Waals surface area (Å²) in [5.74, 6) is -0.321. The molecule has 2 aliphatic rings. The van der Waals surface area contributed by atoms with Crippen LogP contribution in [0, 0.1) is 5.82 Å². The number of hydrogen-bond donors (Lipinski definition) is 1. The Morgan fingerprint density at radius 2 is 2.08 bits per heavy atom. The van der Waals surface area contributed by atoms with Gasteiger partial charge in [-0.15, -0.1) is 0 Å². The predicted molar refractivity (Wildman–Crippen MR) is 95.1 cm³/mol. The number of aliphatic imine (C=N–C) groups is 1. The maximum Gasteiger partial charge on any atom is 0.270 e. The van der Waals surface area contributed by atoms with E-state index >= 15 is 0 Å².